The fraction of sp³-hybridized carbons (Fsp3) is 0.100. The molecule has 0 fully saturated rings. The molecule has 3 aromatic rings. The highest BCUT2D eigenvalue weighted by atomic mass is 32.2. The van der Waals surface area contributed by atoms with Gasteiger partial charge in [0.2, 0.25) is 0 Å². The Bertz CT molecular complexity index is 927. The fourth-order valence-corrected chi connectivity index (χ4v) is 2.88. The van der Waals surface area contributed by atoms with Crippen LogP contribution in [0.4, 0.5) is 14.5 Å². The summed E-state index contributed by atoms with van der Waals surface area (Å²) < 4.78 is 29.7. The SMILES string of the molecule is O=C(NCc1ccc(NC(=O)c2ccco2)cc1)c1ccc(SC(F)F)cc1. The smallest absolute Gasteiger partial charge is 0.291 e. The maximum Gasteiger partial charge on any atom is 0.291 e. The molecule has 8 heteroatoms. The summed E-state index contributed by atoms with van der Waals surface area (Å²) in [6.07, 6.45) is 1.42. The van der Waals surface area contributed by atoms with Crippen molar-refractivity contribution >= 4 is 29.3 Å². The van der Waals surface area contributed by atoms with E-state index in [0.29, 0.717) is 34.5 Å². The predicted molar refractivity (Wildman–Crippen MR) is 103 cm³/mol. The average molecular weight is 402 g/mol. The summed E-state index contributed by atoms with van der Waals surface area (Å²) in [5.74, 6) is -2.93. The molecule has 28 heavy (non-hydrogen) atoms. The van der Waals surface area contributed by atoms with E-state index in [1.165, 1.54) is 30.5 Å². The van der Waals surface area contributed by atoms with Crippen LogP contribution in [0.2, 0.25) is 0 Å². The van der Waals surface area contributed by atoms with E-state index in [1.54, 1.807) is 36.4 Å². The number of halogens is 2. The van der Waals surface area contributed by atoms with E-state index >= 15 is 0 Å². The summed E-state index contributed by atoms with van der Waals surface area (Å²) in [5, 5.41) is 5.47. The molecule has 0 aliphatic carbocycles. The topological polar surface area (TPSA) is 71.3 Å². The predicted octanol–water partition coefficient (Wildman–Crippen LogP) is 4.78. The summed E-state index contributed by atoms with van der Waals surface area (Å²) in [6.45, 7) is 0.290. The van der Waals surface area contributed by atoms with Crippen molar-refractivity contribution in [2.45, 2.75) is 17.2 Å². The number of benzene rings is 2. The number of rotatable bonds is 7. The molecular weight excluding hydrogens is 386 g/mol. The number of nitrogens with one attached hydrogen (secondary N) is 2. The van der Waals surface area contributed by atoms with Crippen LogP contribution in [0.1, 0.15) is 26.5 Å². The van der Waals surface area contributed by atoms with Gasteiger partial charge in [-0.25, -0.2) is 0 Å². The van der Waals surface area contributed by atoms with Gasteiger partial charge < -0.3 is 15.1 Å². The van der Waals surface area contributed by atoms with Gasteiger partial charge in [-0.05, 0) is 54.1 Å². The van der Waals surface area contributed by atoms with Crippen molar-refractivity contribution in [1.82, 2.24) is 5.32 Å². The number of hydrogen-bond acceptors (Lipinski definition) is 4. The largest absolute Gasteiger partial charge is 0.459 e. The zero-order valence-electron chi connectivity index (χ0n) is 14.5. The van der Waals surface area contributed by atoms with Crippen molar-refractivity contribution in [3.8, 4) is 0 Å². The van der Waals surface area contributed by atoms with Gasteiger partial charge in [-0.1, -0.05) is 23.9 Å². The maximum atomic E-state index is 12.3. The van der Waals surface area contributed by atoms with Gasteiger partial charge in [0.05, 0.1) is 6.26 Å². The van der Waals surface area contributed by atoms with Crippen LogP contribution < -0.4 is 10.6 Å². The van der Waals surface area contributed by atoms with Gasteiger partial charge in [0.25, 0.3) is 17.6 Å². The van der Waals surface area contributed by atoms with E-state index in [4.69, 9.17) is 4.42 Å². The molecule has 1 aromatic heterocycles. The minimum Gasteiger partial charge on any atom is -0.459 e. The number of alkyl halides is 2. The van der Waals surface area contributed by atoms with Gasteiger partial charge in [0, 0.05) is 22.7 Å². The van der Waals surface area contributed by atoms with Gasteiger partial charge in [0.15, 0.2) is 5.76 Å². The number of furan rings is 1. The van der Waals surface area contributed by atoms with Crippen molar-refractivity contribution in [3.63, 3.8) is 0 Å². The summed E-state index contributed by atoms with van der Waals surface area (Å²) >= 11 is 0.433. The van der Waals surface area contributed by atoms with E-state index < -0.39 is 5.76 Å². The second-order valence-corrected chi connectivity index (χ2v) is 6.78. The minimum atomic E-state index is -2.49. The number of hydrogen-bond donors (Lipinski definition) is 2. The summed E-state index contributed by atoms with van der Waals surface area (Å²) in [4.78, 5) is 24.5. The van der Waals surface area contributed by atoms with Gasteiger partial charge in [0.1, 0.15) is 0 Å². The Labute approximate surface area is 164 Å². The fourth-order valence-electron chi connectivity index (χ4n) is 2.38. The van der Waals surface area contributed by atoms with Gasteiger partial charge in [-0.2, -0.15) is 8.78 Å². The first-order chi connectivity index (χ1) is 13.5. The monoisotopic (exact) mass is 402 g/mol. The number of anilines is 1. The zero-order chi connectivity index (χ0) is 19.9. The summed E-state index contributed by atoms with van der Waals surface area (Å²) in [5.41, 5.74) is 1.83. The van der Waals surface area contributed by atoms with Gasteiger partial charge in [-0.3, -0.25) is 9.59 Å². The Morgan fingerprint density at radius 2 is 1.68 bits per heavy atom. The Hall–Kier alpha value is -3.13. The van der Waals surface area contributed by atoms with Crippen molar-refractivity contribution in [2.75, 3.05) is 5.32 Å². The molecule has 144 valence electrons. The van der Waals surface area contributed by atoms with Crippen LogP contribution in [0.3, 0.4) is 0 Å². The third-order valence-corrected chi connectivity index (χ3v) is 4.47. The molecule has 2 N–H and O–H groups in total. The molecule has 2 amide bonds. The Balaban J connectivity index is 1.51. The van der Waals surface area contributed by atoms with Crippen LogP contribution >= 0.6 is 11.8 Å². The van der Waals surface area contributed by atoms with Crippen LogP contribution in [0, 0.1) is 0 Å². The molecule has 1 heterocycles. The molecule has 0 saturated carbocycles. The standard InChI is InChI=1S/C20H16F2N2O3S/c21-20(22)28-16-9-5-14(6-10-16)18(25)23-12-13-3-7-15(8-4-13)24-19(26)17-2-1-11-27-17/h1-11,20H,12H2,(H,23,25)(H,24,26). The highest BCUT2D eigenvalue weighted by Gasteiger charge is 2.10. The van der Waals surface area contributed by atoms with Crippen molar-refractivity contribution < 1.29 is 22.8 Å². The lowest BCUT2D eigenvalue weighted by Gasteiger charge is -2.08. The lowest BCUT2D eigenvalue weighted by molar-refractivity contribution is 0.0949. The molecule has 0 aliphatic heterocycles. The van der Waals surface area contributed by atoms with Gasteiger partial charge >= 0.3 is 0 Å². The third kappa shape index (κ3) is 5.43. The summed E-state index contributed by atoms with van der Waals surface area (Å²) in [7, 11) is 0. The lowest BCUT2D eigenvalue weighted by atomic mass is 10.2. The van der Waals surface area contributed by atoms with E-state index in [0.717, 1.165) is 5.56 Å². The molecule has 0 aliphatic rings. The van der Waals surface area contributed by atoms with Crippen molar-refractivity contribution in [2.24, 2.45) is 0 Å². The van der Waals surface area contributed by atoms with E-state index in [-0.39, 0.29) is 17.6 Å². The van der Waals surface area contributed by atoms with E-state index in [2.05, 4.69) is 10.6 Å². The number of amides is 2. The lowest BCUT2D eigenvalue weighted by Crippen LogP contribution is -2.22. The third-order valence-electron chi connectivity index (χ3n) is 3.75. The quantitative estimate of drug-likeness (QED) is 0.558. The molecule has 0 atom stereocenters. The number of carbonyl (C=O) groups excluding carboxylic acids is 2. The molecule has 2 aromatic carbocycles. The van der Waals surface area contributed by atoms with Gasteiger partial charge in [-0.15, -0.1) is 0 Å². The highest BCUT2D eigenvalue weighted by molar-refractivity contribution is 7.99. The molecule has 0 spiro atoms. The average Bonchev–Trinajstić information content (AvgIpc) is 3.22. The van der Waals surface area contributed by atoms with Crippen LogP contribution in [0.15, 0.2) is 76.2 Å². The first-order valence-corrected chi connectivity index (χ1v) is 9.16. The Morgan fingerprint density at radius 3 is 2.29 bits per heavy atom. The molecule has 3 rings (SSSR count). The first kappa shape index (κ1) is 19.6. The van der Waals surface area contributed by atoms with Crippen molar-refractivity contribution in [1.29, 1.82) is 0 Å². The molecule has 0 unspecified atom stereocenters. The molecule has 5 nitrogen and oxygen atoms in total. The Kier molecular flexibility index (Phi) is 6.44. The van der Waals surface area contributed by atoms with Crippen LogP contribution in [-0.4, -0.2) is 17.6 Å². The minimum absolute atomic E-state index is 0.217. The van der Waals surface area contributed by atoms with Crippen LogP contribution in [0.5, 0.6) is 0 Å². The maximum absolute atomic E-state index is 12.3. The molecule has 0 saturated heterocycles. The second kappa shape index (κ2) is 9.18. The normalized spacial score (nSPS) is 10.7. The van der Waals surface area contributed by atoms with E-state index in [1.807, 2.05) is 0 Å². The zero-order valence-corrected chi connectivity index (χ0v) is 15.3. The molecule has 0 bridgehead atoms. The number of carbonyl (C=O) groups is 2. The Morgan fingerprint density at radius 1 is 0.964 bits per heavy atom. The number of thioether (sulfide) groups is 1. The summed E-state index contributed by atoms with van der Waals surface area (Å²) in [6, 6.07) is 16.2. The van der Waals surface area contributed by atoms with E-state index in [9.17, 15) is 18.4 Å². The second-order valence-electron chi connectivity index (χ2n) is 5.71. The van der Waals surface area contributed by atoms with Crippen LogP contribution in [0.25, 0.3) is 0 Å². The first-order valence-electron chi connectivity index (χ1n) is 8.28. The van der Waals surface area contributed by atoms with Crippen LogP contribution in [-0.2, 0) is 6.54 Å². The van der Waals surface area contributed by atoms with Crippen molar-refractivity contribution in [3.05, 3.63) is 83.8 Å². The molecule has 0 radical (unpaired) electrons. The molecular formula is C20H16F2N2O3S. The highest BCUT2D eigenvalue weighted by Crippen LogP contribution is 2.25.